The molecule has 0 aliphatic heterocycles. The minimum Gasteiger partial charge on any atom is -0.364 e. The predicted molar refractivity (Wildman–Crippen MR) is 78.3 cm³/mol. The lowest BCUT2D eigenvalue weighted by Gasteiger charge is -2.02. The molecule has 6 nitrogen and oxygen atoms in total. The molecule has 20 heavy (non-hydrogen) atoms. The molecule has 0 aliphatic carbocycles. The largest absolute Gasteiger partial charge is 0.364 e. The van der Waals surface area contributed by atoms with Gasteiger partial charge in [0.15, 0.2) is 0 Å². The maximum Gasteiger partial charge on any atom is 0.321 e. The Morgan fingerprint density at radius 1 is 1.45 bits per heavy atom. The van der Waals surface area contributed by atoms with Gasteiger partial charge in [-0.2, -0.15) is 0 Å². The Kier molecular flexibility index (Phi) is 4.46. The highest BCUT2D eigenvalue weighted by Gasteiger charge is 2.23. The van der Waals surface area contributed by atoms with E-state index in [0.29, 0.717) is 10.6 Å². The number of thioether (sulfide) groups is 1. The average Bonchev–Trinajstić information content (AvgIpc) is 3.05. The molecule has 0 aromatic carbocycles. The summed E-state index contributed by atoms with van der Waals surface area (Å²) in [6.07, 6.45) is 3.41. The van der Waals surface area contributed by atoms with Gasteiger partial charge in [0.2, 0.25) is 0 Å². The van der Waals surface area contributed by atoms with Gasteiger partial charge in [0.1, 0.15) is 12.0 Å². The number of aromatic nitrogens is 1. The number of rotatable bonds is 3. The first kappa shape index (κ1) is 14.6. The fourth-order valence-corrected chi connectivity index (χ4v) is 3.70. The van der Waals surface area contributed by atoms with Crippen molar-refractivity contribution in [1.29, 1.82) is 0 Å². The topological polar surface area (TPSA) is 84.2 Å². The molecule has 2 heterocycles. The van der Waals surface area contributed by atoms with Crippen LogP contribution in [-0.2, 0) is 0 Å². The number of amides is 3. The number of nitrogens with zero attached hydrogens (tertiary/aromatic N) is 1. The summed E-state index contributed by atoms with van der Waals surface area (Å²) >= 11 is 2.86. The quantitative estimate of drug-likeness (QED) is 0.851. The number of hydrogen-bond donors (Lipinski definition) is 2. The van der Waals surface area contributed by atoms with Gasteiger partial charge in [-0.15, -0.1) is 23.1 Å². The molecular weight excluding hydrogens is 298 g/mol. The lowest BCUT2D eigenvalue weighted by atomic mass is 10.1. The zero-order valence-electron chi connectivity index (χ0n) is 11.1. The van der Waals surface area contributed by atoms with Crippen LogP contribution in [0.4, 0.5) is 4.79 Å². The number of urea groups is 1. The molecule has 0 spiro atoms. The van der Waals surface area contributed by atoms with Crippen LogP contribution in [-0.4, -0.2) is 30.4 Å². The normalized spacial score (nSPS) is 10.3. The molecule has 8 heteroatoms. The summed E-state index contributed by atoms with van der Waals surface area (Å²) < 4.78 is 5.81. The van der Waals surface area contributed by atoms with Crippen LogP contribution in [0.3, 0.4) is 0 Å². The van der Waals surface area contributed by atoms with Crippen LogP contribution in [0, 0.1) is 6.92 Å². The molecular formula is C12H13N3O3S2. The van der Waals surface area contributed by atoms with Crippen molar-refractivity contribution in [3.8, 4) is 11.3 Å². The summed E-state index contributed by atoms with van der Waals surface area (Å²) in [4.78, 5) is 23.8. The minimum atomic E-state index is -0.531. The Morgan fingerprint density at radius 3 is 2.75 bits per heavy atom. The average molecular weight is 311 g/mol. The van der Waals surface area contributed by atoms with E-state index in [-0.39, 0.29) is 0 Å². The van der Waals surface area contributed by atoms with E-state index in [9.17, 15) is 9.59 Å². The third kappa shape index (κ3) is 2.70. The first-order valence-corrected chi connectivity index (χ1v) is 7.73. The third-order valence-corrected chi connectivity index (χ3v) is 5.06. The second kappa shape index (κ2) is 6.10. The highest BCUT2D eigenvalue weighted by atomic mass is 32.2. The van der Waals surface area contributed by atoms with Crippen LogP contribution in [0.2, 0.25) is 0 Å². The van der Waals surface area contributed by atoms with Crippen molar-refractivity contribution in [2.24, 2.45) is 0 Å². The van der Waals surface area contributed by atoms with Crippen LogP contribution in [0.5, 0.6) is 0 Å². The zero-order valence-corrected chi connectivity index (χ0v) is 12.8. The summed E-state index contributed by atoms with van der Waals surface area (Å²) in [5.41, 5.74) is 2.34. The van der Waals surface area contributed by atoms with Crippen molar-refractivity contribution in [3.63, 3.8) is 0 Å². The third-order valence-electron chi connectivity index (χ3n) is 2.65. The van der Waals surface area contributed by atoms with Gasteiger partial charge in [0.25, 0.3) is 5.91 Å². The van der Waals surface area contributed by atoms with E-state index >= 15 is 0 Å². The molecule has 2 aromatic rings. The molecule has 0 saturated carbocycles. The fourth-order valence-electron chi connectivity index (χ4n) is 1.71. The van der Waals surface area contributed by atoms with Gasteiger partial charge in [-0.1, -0.05) is 5.16 Å². The van der Waals surface area contributed by atoms with Crippen LogP contribution >= 0.6 is 23.1 Å². The Balaban J connectivity index is 2.42. The maximum atomic E-state index is 12.1. The van der Waals surface area contributed by atoms with E-state index in [1.165, 1.54) is 36.4 Å². The highest BCUT2D eigenvalue weighted by Crippen LogP contribution is 2.40. The molecule has 0 radical (unpaired) electrons. The van der Waals surface area contributed by atoms with Crippen molar-refractivity contribution in [3.05, 3.63) is 22.8 Å². The number of carbonyl (C=O) groups is 2. The molecule has 2 N–H and O–H groups in total. The number of hydrogen-bond acceptors (Lipinski definition) is 6. The molecule has 0 aliphatic rings. The zero-order chi connectivity index (χ0) is 14.7. The number of carbonyl (C=O) groups excluding carboxylic acids is 2. The maximum absolute atomic E-state index is 12.1. The summed E-state index contributed by atoms with van der Waals surface area (Å²) in [7, 11) is 1.46. The Hall–Kier alpha value is -1.80. The van der Waals surface area contributed by atoms with Crippen LogP contribution in [0.15, 0.2) is 21.1 Å². The van der Waals surface area contributed by atoms with E-state index in [2.05, 4.69) is 15.8 Å². The van der Waals surface area contributed by atoms with Gasteiger partial charge >= 0.3 is 6.03 Å². The van der Waals surface area contributed by atoms with Crippen molar-refractivity contribution in [2.75, 3.05) is 13.3 Å². The van der Waals surface area contributed by atoms with E-state index in [4.69, 9.17) is 4.52 Å². The van der Waals surface area contributed by atoms with Crippen LogP contribution in [0.25, 0.3) is 11.3 Å². The summed E-state index contributed by atoms with van der Waals surface area (Å²) in [5.74, 6) is -0.420. The van der Waals surface area contributed by atoms with E-state index < -0.39 is 11.9 Å². The van der Waals surface area contributed by atoms with Gasteiger partial charge < -0.3 is 9.84 Å². The van der Waals surface area contributed by atoms with E-state index in [1.807, 2.05) is 13.2 Å². The molecule has 0 saturated heterocycles. The Bertz CT molecular complexity index is 635. The van der Waals surface area contributed by atoms with Crippen LogP contribution < -0.4 is 10.6 Å². The minimum absolute atomic E-state index is 0.420. The first-order valence-electron chi connectivity index (χ1n) is 5.69. The van der Waals surface area contributed by atoms with Crippen molar-refractivity contribution in [1.82, 2.24) is 15.8 Å². The second-order valence-corrected chi connectivity index (χ2v) is 5.94. The van der Waals surface area contributed by atoms with Crippen molar-refractivity contribution < 1.29 is 14.1 Å². The van der Waals surface area contributed by atoms with Gasteiger partial charge in [0.05, 0.1) is 9.09 Å². The molecule has 2 aromatic heterocycles. The molecule has 3 amide bonds. The monoisotopic (exact) mass is 311 g/mol. The predicted octanol–water partition coefficient (Wildman–Crippen LogP) is 2.50. The molecule has 2 rings (SSSR count). The number of nitrogens with one attached hydrogen (secondary N) is 2. The summed E-state index contributed by atoms with van der Waals surface area (Å²) in [6.45, 7) is 1.83. The SMILES string of the molecule is CNC(=O)NC(=O)c1sc(SC)c(-c2ccon2)c1C. The highest BCUT2D eigenvalue weighted by molar-refractivity contribution is 8.00. The molecule has 106 valence electrons. The summed E-state index contributed by atoms with van der Waals surface area (Å²) in [6, 6.07) is 1.21. The lowest BCUT2D eigenvalue weighted by molar-refractivity contribution is 0.0968. The number of imide groups is 1. The van der Waals surface area contributed by atoms with Crippen LogP contribution in [0.1, 0.15) is 15.2 Å². The standard InChI is InChI=1S/C12H13N3O3S2/c1-6-8(7-4-5-18-15-7)11(19-3)20-9(6)10(16)14-12(17)13-2/h4-5H,1-3H3,(H2,13,14,16,17). The van der Waals surface area contributed by atoms with E-state index in [1.54, 1.807) is 6.07 Å². The molecule has 0 unspecified atom stereocenters. The Morgan fingerprint density at radius 2 is 2.20 bits per heavy atom. The molecule has 0 fully saturated rings. The van der Waals surface area contributed by atoms with Gasteiger partial charge in [-0.25, -0.2) is 4.79 Å². The smallest absolute Gasteiger partial charge is 0.321 e. The Labute approximate surface area is 123 Å². The van der Waals surface area contributed by atoms with E-state index in [0.717, 1.165) is 15.3 Å². The molecule has 0 bridgehead atoms. The lowest BCUT2D eigenvalue weighted by Crippen LogP contribution is -2.37. The van der Waals surface area contributed by atoms with Gasteiger partial charge in [-0.05, 0) is 18.7 Å². The van der Waals surface area contributed by atoms with Gasteiger partial charge in [0, 0.05) is 18.7 Å². The van der Waals surface area contributed by atoms with Crippen molar-refractivity contribution in [2.45, 2.75) is 11.1 Å². The molecule has 0 atom stereocenters. The van der Waals surface area contributed by atoms with Gasteiger partial charge in [-0.3, -0.25) is 10.1 Å². The summed E-state index contributed by atoms with van der Waals surface area (Å²) in [5, 5.41) is 8.53. The first-order chi connectivity index (χ1) is 9.58. The number of thiophene rings is 1. The second-order valence-electron chi connectivity index (χ2n) is 3.84. The van der Waals surface area contributed by atoms with Crippen molar-refractivity contribution >= 4 is 35.0 Å². The fraction of sp³-hybridized carbons (Fsp3) is 0.250.